The molecule has 1 unspecified atom stereocenters. The van der Waals surface area contributed by atoms with Gasteiger partial charge in [-0.05, 0) is 31.0 Å². The van der Waals surface area contributed by atoms with Crippen LogP contribution in [0, 0.1) is 11.8 Å². The molecule has 3 aromatic heterocycles. The summed E-state index contributed by atoms with van der Waals surface area (Å²) >= 11 is 0. The van der Waals surface area contributed by atoms with Gasteiger partial charge in [0.2, 0.25) is 0 Å². The van der Waals surface area contributed by atoms with Crippen LogP contribution in [0.5, 0.6) is 0 Å². The maximum atomic E-state index is 13.9. The number of nitrogens with zero attached hydrogens (tertiary/aromatic N) is 5. The van der Waals surface area contributed by atoms with Crippen LogP contribution < -0.4 is 5.73 Å². The van der Waals surface area contributed by atoms with Crippen LogP contribution in [-0.4, -0.2) is 35.9 Å². The van der Waals surface area contributed by atoms with Crippen molar-refractivity contribution in [1.82, 2.24) is 24.7 Å². The van der Waals surface area contributed by atoms with Gasteiger partial charge in [-0.25, -0.2) is 19.6 Å². The highest BCUT2D eigenvalue weighted by Gasteiger charge is 2.34. The van der Waals surface area contributed by atoms with Gasteiger partial charge in [-0.15, -0.1) is 0 Å². The van der Waals surface area contributed by atoms with Crippen molar-refractivity contribution in [3.05, 3.63) is 77.7 Å². The Hall–Kier alpha value is -4.49. The summed E-state index contributed by atoms with van der Waals surface area (Å²) in [5.74, 6) is 5.56. The van der Waals surface area contributed by atoms with E-state index in [4.69, 9.17) is 5.73 Å². The second-order valence-corrected chi connectivity index (χ2v) is 8.14. The van der Waals surface area contributed by atoms with Gasteiger partial charge in [0.1, 0.15) is 23.9 Å². The van der Waals surface area contributed by atoms with E-state index in [9.17, 15) is 18.3 Å². The minimum absolute atomic E-state index is 0.0366. The number of fused-ring (bicyclic) bond motifs is 2. The van der Waals surface area contributed by atoms with E-state index in [1.165, 1.54) is 30.1 Å². The average molecular weight is 488 g/mol. The molecule has 0 bridgehead atoms. The molecule has 0 fully saturated rings. The monoisotopic (exact) mass is 488 g/mol. The molecule has 0 saturated heterocycles. The third kappa shape index (κ3) is 4.32. The lowest BCUT2D eigenvalue weighted by atomic mass is 9.98. The summed E-state index contributed by atoms with van der Waals surface area (Å²) in [6.45, 7) is 1.56. The summed E-state index contributed by atoms with van der Waals surface area (Å²) in [5, 5.41) is 15.2. The van der Waals surface area contributed by atoms with E-state index in [2.05, 4.69) is 31.9 Å². The van der Waals surface area contributed by atoms with Gasteiger partial charge >= 0.3 is 6.18 Å². The Morgan fingerprint density at radius 1 is 1.08 bits per heavy atom. The van der Waals surface area contributed by atoms with Crippen molar-refractivity contribution in [2.75, 3.05) is 5.73 Å². The molecule has 3 N–H and O–H groups in total. The van der Waals surface area contributed by atoms with E-state index < -0.39 is 17.8 Å². The van der Waals surface area contributed by atoms with Crippen molar-refractivity contribution in [2.45, 2.75) is 25.7 Å². The Kier molecular flexibility index (Phi) is 5.78. The summed E-state index contributed by atoms with van der Waals surface area (Å²) < 4.78 is 43.2. The molecule has 0 aliphatic rings. The maximum absolute atomic E-state index is 13.9. The molecule has 0 aliphatic carbocycles. The van der Waals surface area contributed by atoms with Crippen LogP contribution in [0.1, 0.15) is 23.7 Å². The van der Waals surface area contributed by atoms with Crippen LogP contribution in [0.25, 0.3) is 33.2 Å². The van der Waals surface area contributed by atoms with Crippen LogP contribution in [-0.2, 0) is 12.7 Å². The number of aromatic nitrogens is 5. The first kappa shape index (κ1) is 23.3. The molecular formula is C26H19F3N6O. The highest BCUT2D eigenvalue weighted by molar-refractivity contribution is 5.90. The topological polar surface area (TPSA) is 103 Å². The highest BCUT2D eigenvalue weighted by atomic mass is 19.4. The van der Waals surface area contributed by atoms with E-state index >= 15 is 0 Å². The largest absolute Gasteiger partial charge is 0.417 e. The van der Waals surface area contributed by atoms with Crippen LogP contribution in [0.2, 0.25) is 0 Å². The van der Waals surface area contributed by atoms with Gasteiger partial charge in [0.15, 0.2) is 5.65 Å². The third-order valence-corrected chi connectivity index (χ3v) is 5.57. The van der Waals surface area contributed by atoms with Gasteiger partial charge in [-0.1, -0.05) is 42.3 Å². The Morgan fingerprint density at radius 3 is 2.61 bits per heavy atom. The maximum Gasteiger partial charge on any atom is 0.417 e. The van der Waals surface area contributed by atoms with Crippen LogP contribution in [0.4, 0.5) is 19.0 Å². The van der Waals surface area contributed by atoms with Crippen molar-refractivity contribution in [1.29, 1.82) is 0 Å². The smallest absolute Gasteiger partial charge is 0.383 e. The molecule has 36 heavy (non-hydrogen) atoms. The molecule has 10 heteroatoms. The van der Waals surface area contributed by atoms with Crippen molar-refractivity contribution in [3.63, 3.8) is 0 Å². The van der Waals surface area contributed by atoms with E-state index in [1.807, 2.05) is 12.1 Å². The fraction of sp³-hybridized carbons (Fsp3) is 0.154. The fourth-order valence-corrected chi connectivity index (χ4v) is 4.01. The third-order valence-electron chi connectivity index (χ3n) is 5.57. The van der Waals surface area contributed by atoms with E-state index in [0.29, 0.717) is 22.1 Å². The van der Waals surface area contributed by atoms with Crippen LogP contribution >= 0.6 is 0 Å². The lowest BCUT2D eigenvalue weighted by Gasteiger charge is -2.16. The average Bonchev–Trinajstić information content (AvgIpc) is 3.20. The number of halogens is 3. The number of para-hydroxylation sites is 1. The number of hydrogen-bond acceptors (Lipinski definition) is 6. The number of nitrogen functional groups attached to an aromatic ring is 1. The number of rotatable bonds is 3. The van der Waals surface area contributed by atoms with Gasteiger partial charge in [-0.3, -0.25) is 0 Å². The first-order valence-electron chi connectivity index (χ1n) is 10.9. The van der Waals surface area contributed by atoms with E-state index in [-0.39, 0.29) is 29.3 Å². The van der Waals surface area contributed by atoms with Crippen LogP contribution in [0.3, 0.4) is 0 Å². The fourth-order valence-electron chi connectivity index (χ4n) is 4.01. The van der Waals surface area contributed by atoms with Crippen molar-refractivity contribution in [3.8, 4) is 23.1 Å². The molecule has 2 aromatic carbocycles. The molecule has 1 atom stereocenters. The first-order chi connectivity index (χ1) is 17.2. The van der Waals surface area contributed by atoms with Gasteiger partial charge in [0.25, 0.3) is 0 Å². The van der Waals surface area contributed by atoms with Gasteiger partial charge in [0, 0.05) is 16.5 Å². The predicted molar refractivity (Wildman–Crippen MR) is 130 cm³/mol. The summed E-state index contributed by atoms with van der Waals surface area (Å²) in [6.07, 6.45) is -4.18. The molecule has 0 radical (unpaired) electrons. The molecule has 5 aromatic rings. The van der Waals surface area contributed by atoms with Crippen molar-refractivity contribution < 1.29 is 18.3 Å². The molecule has 180 valence electrons. The molecule has 0 saturated carbocycles. The summed E-state index contributed by atoms with van der Waals surface area (Å²) in [5.41, 5.74) is 7.11. The highest BCUT2D eigenvalue weighted by Crippen LogP contribution is 2.38. The number of aliphatic hydroxyl groups excluding tert-OH is 1. The number of alkyl halides is 3. The van der Waals surface area contributed by atoms with Gasteiger partial charge in [-0.2, -0.15) is 18.3 Å². The molecule has 5 rings (SSSR count). The number of pyridine rings is 1. The second-order valence-electron chi connectivity index (χ2n) is 8.14. The number of hydrogen-bond donors (Lipinski definition) is 2. The number of aliphatic hydroxyl groups is 1. The zero-order chi connectivity index (χ0) is 25.4. The molecule has 3 heterocycles. The Bertz CT molecular complexity index is 1660. The normalized spacial score (nSPS) is 12.5. The Labute approximate surface area is 203 Å². The van der Waals surface area contributed by atoms with Crippen LogP contribution in [0.15, 0.2) is 60.9 Å². The minimum Gasteiger partial charge on any atom is -0.383 e. The standard InChI is InChI=1S/C26H19F3N6O/c1-15(36)10-11-21-22-24(30)31-14-32-25(22)35(34-21)13-17-12-16-6-2-5-9-20(16)33-23(17)18-7-3-4-8-19(18)26(27,28)29/h2-9,12,14-15,36H,13H2,1H3,(H2,30,31,32). The Balaban J connectivity index is 1.74. The first-order valence-corrected chi connectivity index (χ1v) is 10.9. The summed E-state index contributed by atoms with van der Waals surface area (Å²) in [4.78, 5) is 12.9. The molecule has 0 amide bonds. The minimum atomic E-state index is -4.56. The van der Waals surface area contributed by atoms with Gasteiger partial charge in [0.05, 0.1) is 28.7 Å². The van der Waals surface area contributed by atoms with Crippen molar-refractivity contribution in [2.24, 2.45) is 0 Å². The van der Waals surface area contributed by atoms with Gasteiger partial charge < -0.3 is 10.8 Å². The number of nitrogens with two attached hydrogens (primary N) is 1. The zero-order valence-electron chi connectivity index (χ0n) is 19.0. The SMILES string of the molecule is CC(O)C#Cc1nn(Cc2cc3ccccc3nc2-c2ccccc2C(F)(F)F)c2ncnc(N)c12. The second kappa shape index (κ2) is 8.94. The lowest BCUT2D eigenvalue weighted by Crippen LogP contribution is -2.10. The predicted octanol–water partition coefficient (Wildman–Crippen LogP) is 4.42. The molecule has 7 nitrogen and oxygen atoms in total. The molecule has 0 spiro atoms. The number of benzene rings is 2. The van der Waals surface area contributed by atoms with Crippen molar-refractivity contribution >= 4 is 27.8 Å². The molecule has 0 aliphatic heterocycles. The lowest BCUT2D eigenvalue weighted by molar-refractivity contribution is -0.137. The zero-order valence-corrected chi connectivity index (χ0v) is 19.0. The van der Waals surface area contributed by atoms with E-state index in [0.717, 1.165) is 11.5 Å². The quantitative estimate of drug-likeness (QED) is 0.365. The summed E-state index contributed by atoms with van der Waals surface area (Å²) in [6, 6.07) is 14.3. The Morgan fingerprint density at radius 2 is 1.83 bits per heavy atom. The van der Waals surface area contributed by atoms with E-state index in [1.54, 1.807) is 24.3 Å². The summed E-state index contributed by atoms with van der Waals surface area (Å²) in [7, 11) is 0. The molecular weight excluding hydrogens is 469 g/mol. The number of anilines is 1.